The van der Waals surface area contributed by atoms with E-state index in [9.17, 15) is 14.7 Å². The molecule has 2 heterocycles. The molecule has 6 nitrogen and oxygen atoms in total. The molecule has 1 amide bonds. The third kappa shape index (κ3) is 3.43. The molecule has 0 radical (unpaired) electrons. The molecule has 1 fully saturated rings. The Morgan fingerprint density at radius 3 is 2.56 bits per heavy atom. The molecule has 6 heteroatoms. The molecule has 0 spiro atoms. The van der Waals surface area contributed by atoms with Crippen LogP contribution in [0.1, 0.15) is 55.2 Å². The number of aromatic nitrogens is 2. The van der Waals surface area contributed by atoms with Crippen molar-refractivity contribution in [3.05, 3.63) is 47.8 Å². The first-order valence-electron chi connectivity index (χ1n) is 8.68. The van der Waals surface area contributed by atoms with Gasteiger partial charge in [-0.2, -0.15) is 5.10 Å². The van der Waals surface area contributed by atoms with E-state index in [0.29, 0.717) is 18.7 Å². The van der Waals surface area contributed by atoms with Crippen molar-refractivity contribution in [3.8, 4) is 5.69 Å². The lowest BCUT2D eigenvalue weighted by molar-refractivity contribution is -0.143. The number of likely N-dealkylation sites (tertiary alicyclic amines) is 1. The normalized spacial score (nSPS) is 17.7. The van der Waals surface area contributed by atoms with Gasteiger partial charge in [0, 0.05) is 12.2 Å². The summed E-state index contributed by atoms with van der Waals surface area (Å²) in [5, 5.41) is 13.9. The van der Waals surface area contributed by atoms with E-state index in [1.54, 1.807) is 10.7 Å². The zero-order valence-corrected chi connectivity index (χ0v) is 14.6. The Bertz CT molecular complexity index is 767. The van der Waals surface area contributed by atoms with Crippen LogP contribution in [-0.4, -0.2) is 44.3 Å². The van der Waals surface area contributed by atoms with E-state index in [1.165, 1.54) is 4.90 Å². The number of amides is 1. The van der Waals surface area contributed by atoms with Crippen molar-refractivity contribution in [2.75, 3.05) is 6.54 Å². The van der Waals surface area contributed by atoms with Crippen LogP contribution >= 0.6 is 0 Å². The van der Waals surface area contributed by atoms with Gasteiger partial charge in [-0.3, -0.25) is 4.79 Å². The molecule has 1 aromatic carbocycles. The van der Waals surface area contributed by atoms with Crippen LogP contribution < -0.4 is 0 Å². The van der Waals surface area contributed by atoms with E-state index in [-0.39, 0.29) is 11.8 Å². The maximum Gasteiger partial charge on any atom is 0.326 e. The first-order chi connectivity index (χ1) is 12.0. The highest BCUT2D eigenvalue weighted by Gasteiger charge is 2.34. The topological polar surface area (TPSA) is 75.4 Å². The molecule has 0 bridgehead atoms. The minimum absolute atomic E-state index is 0.186. The fraction of sp³-hybridized carbons (Fsp3) is 0.421. The number of hydrogen-bond donors (Lipinski definition) is 1. The molecule has 132 valence electrons. The predicted octanol–water partition coefficient (Wildman–Crippen LogP) is 3.08. The van der Waals surface area contributed by atoms with Gasteiger partial charge in [-0.1, -0.05) is 32.0 Å². The second-order valence-corrected chi connectivity index (χ2v) is 6.70. The maximum absolute atomic E-state index is 12.9. The minimum atomic E-state index is -0.945. The van der Waals surface area contributed by atoms with Crippen molar-refractivity contribution >= 4 is 11.9 Å². The monoisotopic (exact) mass is 341 g/mol. The molecule has 1 saturated heterocycles. The lowest BCUT2D eigenvalue weighted by atomic mass is 10.0. The second kappa shape index (κ2) is 7.09. The summed E-state index contributed by atoms with van der Waals surface area (Å²) in [5.74, 6) is -1.06. The van der Waals surface area contributed by atoms with Crippen molar-refractivity contribution in [1.29, 1.82) is 0 Å². The number of rotatable bonds is 4. The zero-order valence-electron chi connectivity index (χ0n) is 14.6. The van der Waals surface area contributed by atoms with Gasteiger partial charge in [-0.25, -0.2) is 9.48 Å². The summed E-state index contributed by atoms with van der Waals surface area (Å²) in [7, 11) is 0. The Kier molecular flexibility index (Phi) is 4.88. The van der Waals surface area contributed by atoms with Crippen LogP contribution in [-0.2, 0) is 4.79 Å². The number of carbonyl (C=O) groups excluding carboxylic acids is 1. The second-order valence-electron chi connectivity index (χ2n) is 6.70. The van der Waals surface area contributed by atoms with E-state index in [1.807, 2.05) is 44.2 Å². The fourth-order valence-corrected chi connectivity index (χ4v) is 3.27. The van der Waals surface area contributed by atoms with Gasteiger partial charge in [-0.15, -0.1) is 0 Å². The van der Waals surface area contributed by atoms with Gasteiger partial charge in [0.2, 0.25) is 0 Å². The van der Waals surface area contributed by atoms with E-state index in [2.05, 4.69) is 5.10 Å². The van der Waals surface area contributed by atoms with Crippen molar-refractivity contribution < 1.29 is 14.7 Å². The summed E-state index contributed by atoms with van der Waals surface area (Å²) >= 11 is 0. The molecule has 2 aromatic rings. The highest BCUT2D eigenvalue weighted by atomic mass is 16.4. The Balaban J connectivity index is 1.97. The lowest BCUT2D eigenvalue weighted by Gasteiger charge is -2.32. The van der Waals surface area contributed by atoms with Gasteiger partial charge in [-0.05, 0) is 43.4 Å². The average Bonchev–Trinajstić information content (AvgIpc) is 3.07. The molecule has 1 aromatic heterocycles. The fourth-order valence-electron chi connectivity index (χ4n) is 3.27. The molecule has 1 aliphatic heterocycles. The smallest absolute Gasteiger partial charge is 0.326 e. The SMILES string of the molecule is CC(C)c1cc(C(=O)N2CCCCC2C(=O)O)nn1-c1ccccc1. The Morgan fingerprint density at radius 1 is 1.20 bits per heavy atom. The summed E-state index contributed by atoms with van der Waals surface area (Å²) in [5.41, 5.74) is 2.12. The lowest BCUT2D eigenvalue weighted by Crippen LogP contribution is -2.48. The van der Waals surface area contributed by atoms with E-state index in [0.717, 1.165) is 24.2 Å². The molecule has 1 N–H and O–H groups in total. The third-order valence-electron chi connectivity index (χ3n) is 4.60. The van der Waals surface area contributed by atoms with Crippen LogP contribution in [0.4, 0.5) is 0 Å². The molecule has 25 heavy (non-hydrogen) atoms. The van der Waals surface area contributed by atoms with Crippen molar-refractivity contribution in [1.82, 2.24) is 14.7 Å². The number of carbonyl (C=O) groups is 2. The van der Waals surface area contributed by atoms with Crippen LogP contribution in [0.25, 0.3) is 5.69 Å². The summed E-state index contributed by atoms with van der Waals surface area (Å²) in [4.78, 5) is 25.9. The van der Waals surface area contributed by atoms with Crippen LogP contribution in [0, 0.1) is 0 Å². The number of nitrogens with zero attached hydrogens (tertiary/aromatic N) is 3. The molecule has 3 rings (SSSR count). The van der Waals surface area contributed by atoms with E-state index in [4.69, 9.17) is 0 Å². The molecule has 1 aliphatic rings. The van der Waals surface area contributed by atoms with Crippen molar-refractivity contribution in [2.45, 2.75) is 45.1 Å². The standard InChI is InChI=1S/C19H23N3O3/c1-13(2)17-12-15(20-22(17)14-8-4-3-5-9-14)18(23)21-11-7-6-10-16(21)19(24)25/h3-5,8-9,12-13,16H,6-7,10-11H2,1-2H3,(H,24,25). The first-order valence-corrected chi connectivity index (χ1v) is 8.68. The summed E-state index contributed by atoms with van der Waals surface area (Å²) in [6, 6.07) is 10.7. The number of carboxylic acids is 1. The first kappa shape index (κ1) is 17.2. The van der Waals surface area contributed by atoms with Gasteiger partial charge < -0.3 is 10.0 Å². The van der Waals surface area contributed by atoms with E-state index >= 15 is 0 Å². The summed E-state index contributed by atoms with van der Waals surface area (Å²) < 4.78 is 1.78. The van der Waals surface area contributed by atoms with Crippen LogP contribution in [0.3, 0.4) is 0 Å². The Hall–Kier alpha value is -2.63. The highest BCUT2D eigenvalue weighted by Crippen LogP contribution is 2.24. The van der Waals surface area contributed by atoms with Crippen molar-refractivity contribution in [2.24, 2.45) is 0 Å². The number of para-hydroxylation sites is 1. The summed E-state index contributed by atoms with van der Waals surface area (Å²) in [6.07, 6.45) is 2.15. The summed E-state index contributed by atoms with van der Waals surface area (Å²) in [6.45, 7) is 4.56. The number of aliphatic carboxylic acids is 1. The molecular weight excluding hydrogens is 318 g/mol. The van der Waals surface area contributed by atoms with Gasteiger partial charge in [0.1, 0.15) is 6.04 Å². The van der Waals surface area contributed by atoms with Gasteiger partial charge in [0.25, 0.3) is 5.91 Å². The number of piperidine rings is 1. The Morgan fingerprint density at radius 2 is 1.92 bits per heavy atom. The van der Waals surface area contributed by atoms with Gasteiger partial charge in [0.05, 0.1) is 5.69 Å². The average molecular weight is 341 g/mol. The molecular formula is C19H23N3O3. The Labute approximate surface area is 147 Å². The van der Waals surface area contributed by atoms with Gasteiger partial charge >= 0.3 is 5.97 Å². The molecule has 0 saturated carbocycles. The van der Waals surface area contributed by atoms with Gasteiger partial charge in [0.15, 0.2) is 5.69 Å². The highest BCUT2D eigenvalue weighted by molar-refractivity contribution is 5.95. The van der Waals surface area contributed by atoms with Crippen molar-refractivity contribution in [3.63, 3.8) is 0 Å². The third-order valence-corrected chi connectivity index (χ3v) is 4.60. The minimum Gasteiger partial charge on any atom is -0.480 e. The maximum atomic E-state index is 12.9. The zero-order chi connectivity index (χ0) is 18.0. The quantitative estimate of drug-likeness (QED) is 0.927. The van der Waals surface area contributed by atoms with Crippen LogP contribution in [0.5, 0.6) is 0 Å². The van der Waals surface area contributed by atoms with Crippen LogP contribution in [0.2, 0.25) is 0 Å². The van der Waals surface area contributed by atoms with Crippen LogP contribution in [0.15, 0.2) is 36.4 Å². The largest absolute Gasteiger partial charge is 0.480 e. The number of carboxylic acid groups (broad SMARTS) is 1. The number of benzene rings is 1. The number of hydrogen-bond acceptors (Lipinski definition) is 3. The molecule has 1 unspecified atom stereocenters. The van der Waals surface area contributed by atoms with E-state index < -0.39 is 12.0 Å². The molecule has 1 atom stereocenters. The predicted molar refractivity (Wildman–Crippen MR) is 94.0 cm³/mol. The molecule has 0 aliphatic carbocycles.